The number of benzene rings is 2. The number of rotatable bonds is 6. The Balaban J connectivity index is 1.58. The maximum absolute atomic E-state index is 13.3. The smallest absolute Gasteiger partial charge is 0.284 e. The Morgan fingerprint density at radius 2 is 1.73 bits per heavy atom. The zero-order valence-electron chi connectivity index (χ0n) is 18.4. The highest BCUT2D eigenvalue weighted by molar-refractivity contribution is 8.16. The topological polar surface area (TPSA) is 95.9 Å². The molecule has 1 atom stereocenters. The van der Waals surface area contributed by atoms with Gasteiger partial charge in [-0.3, -0.25) is 14.5 Å². The molecule has 2 aromatic carbocycles. The van der Waals surface area contributed by atoms with E-state index in [-0.39, 0.29) is 34.3 Å². The third-order valence-electron chi connectivity index (χ3n) is 5.85. The Bertz CT molecular complexity index is 1140. The Kier molecular flexibility index (Phi) is 7.19. The first-order chi connectivity index (χ1) is 15.8. The molecule has 4 rings (SSSR count). The first kappa shape index (κ1) is 23.5. The Morgan fingerprint density at radius 3 is 2.39 bits per heavy atom. The van der Waals surface area contributed by atoms with Gasteiger partial charge in [-0.05, 0) is 44.0 Å². The molecule has 1 saturated carbocycles. The minimum Gasteiger partial charge on any atom is -0.326 e. The van der Waals surface area contributed by atoms with E-state index in [1.807, 2.05) is 25.1 Å². The van der Waals surface area contributed by atoms with Crippen molar-refractivity contribution in [1.29, 1.82) is 0 Å². The molecular formula is C24H27N3O4S2. The fourth-order valence-corrected chi connectivity index (χ4v) is 6.52. The molecule has 2 fully saturated rings. The SMILES string of the molecule is Cc1ccc(S(=O)(=O)N=C2SC(CC(=O)Nc3ccccc3)C(=O)N2C2CCCCC2)cc1. The van der Waals surface area contributed by atoms with E-state index in [1.165, 1.54) is 17.0 Å². The third-order valence-corrected chi connectivity index (χ3v) is 8.40. The molecule has 1 unspecified atom stereocenters. The van der Waals surface area contributed by atoms with E-state index < -0.39 is 15.3 Å². The van der Waals surface area contributed by atoms with Gasteiger partial charge in [-0.15, -0.1) is 4.40 Å². The summed E-state index contributed by atoms with van der Waals surface area (Å²) >= 11 is 1.07. The minimum absolute atomic E-state index is 0.0504. The number of anilines is 1. The number of carbonyl (C=O) groups excluding carboxylic acids is 2. The summed E-state index contributed by atoms with van der Waals surface area (Å²) in [6.45, 7) is 1.88. The van der Waals surface area contributed by atoms with Crippen LogP contribution in [0.25, 0.3) is 0 Å². The van der Waals surface area contributed by atoms with Gasteiger partial charge in [0.25, 0.3) is 10.0 Å². The predicted molar refractivity (Wildman–Crippen MR) is 131 cm³/mol. The molecule has 9 heteroatoms. The lowest BCUT2D eigenvalue weighted by Crippen LogP contribution is -2.42. The fourth-order valence-electron chi connectivity index (χ4n) is 4.12. The molecule has 2 amide bonds. The van der Waals surface area contributed by atoms with Crippen molar-refractivity contribution in [3.63, 3.8) is 0 Å². The van der Waals surface area contributed by atoms with Gasteiger partial charge < -0.3 is 5.32 Å². The molecule has 0 bridgehead atoms. The van der Waals surface area contributed by atoms with Gasteiger partial charge in [0, 0.05) is 18.2 Å². The van der Waals surface area contributed by atoms with Crippen molar-refractivity contribution >= 4 is 44.5 Å². The van der Waals surface area contributed by atoms with Gasteiger partial charge in [0.1, 0.15) is 5.25 Å². The van der Waals surface area contributed by atoms with Crippen LogP contribution < -0.4 is 5.32 Å². The van der Waals surface area contributed by atoms with Crippen LogP contribution in [0.3, 0.4) is 0 Å². The van der Waals surface area contributed by atoms with E-state index in [2.05, 4.69) is 9.71 Å². The van der Waals surface area contributed by atoms with Gasteiger partial charge in [-0.25, -0.2) is 0 Å². The van der Waals surface area contributed by atoms with Gasteiger partial charge >= 0.3 is 0 Å². The van der Waals surface area contributed by atoms with Crippen LogP contribution in [0.4, 0.5) is 5.69 Å². The van der Waals surface area contributed by atoms with Crippen LogP contribution in [0.15, 0.2) is 63.9 Å². The molecule has 7 nitrogen and oxygen atoms in total. The van der Waals surface area contributed by atoms with E-state index in [1.54, 1.807) is 24.3 Å². The quantitative estimate of drug-likeness (QED) is 0.656. The van der Waals surface area contributed by atoms with Gasteiger partial charge in [0.15, 0.2) is 5.17 Å². The van der Waals surface area contributed by atoms with E-state index in [0.29, 0.717) is 5.69 Å². The number of amides is 2. The molecule has 1 N–H and O–H groups in total. The van der Waals surface area contributed by atoms with Crippen LogP contribution in [0.5, 0.6) is 0 Å². The minimum atomic E-state index is -3.98. The lowest BCUT2D eigenvalue weighted by Gasteiger charge is -2.30. The third kappa shape index (κ3) is 5.65. The van der Waals surface area contributed by atoms with Crippen molar-refractivity contribution in [2.24, 2.45) is 4.40 Å². The number of amidine groups is 1. The summed E-state index contributed by atoms with van der Waals surface area (Å²) in [5.74, 6) is -0.536. The molecular weight excluding hydrogens is 458 g/mol. The fraction of sp³-hybridized carbons (Fsp3) is 0.375. The van der Waals surface area contributed by atoms with Gasteiger partial charge in [0.05, 0.1) is 4.90 Å². The zero-order valence-corrected chi connectivity index (χ0v) is 20.1. The summed E-state index contributed by atoms with van der Waals surface area (Å²) in [6.07, 6.45) is 4.62. The molecule has 2 aromatic rings. The second-order valence-corrected chi connectivity index (χ2v) is 11.2. The first-order valence-electron chi connectivity index (χ1n) is 11.1. The number of nitrogens with zero attached hydrogens (tertiary/aromatic N) is 2. The van der Waals surface area contributed by atoms with Crippen LogP contribution in [-0.4, -0.2) is 41.6 Å². The highest BCUT2D eigenvalue weighted by Crippen LogP contribution is 2.36. The van der Waals surface area contributed by atoms with Crippen LogP contribution in [0.2, 0.25) is 0 Å². The summed E-state index contributed by atoms with van der Waals surface area (Å²) in [5, 5.41) is 2.26. The molecule has 1 saturated heterocycles. The highest BCUT2D eigenvalue weighted by Gasteiger charge is 2.43. The molecule has 33 heavy (non-hydrogen) atoms. The number of sulfonamides is 1. The number of hydrogen-bond acceptors (Lipinski definition) is 5. The summed E-state index contributed by atoms with van der Waals surface area (Å²) in [6, 6.07) is 15.4. The second-order valence-electron chi connectivity index (χ2n) is 8.39. The van der Waals surface area contributed by atoms with Crippen molar-refractivity contribution in [2.75, 3.05) is 5.32 Å². The zero-order chi connectivity index (χ0) is 23.4. The monoisotopic (exact) mass is 485 g/mol. The van der Waals surface area contributed by atoms with Gasteiger partial charge in [-0.2, -0.15) is 8.42 Å². The number of para-hydroxylation sites is 1. The second kappa shape index (κ2) is 10.1. The van der Waals surface area contributed by atoms with Crippen LogP contribution in [0, 0.1) is 6.92 Å². The van der Waals surface area contributed by atoms with Crippen LogP contribution in [-0.2, 0) is 19.6 Å². The number of hydrogen-bond donors (Lipinski definition) is 1. The summed E-state index contributed by atoms with van der Waals surface area (Å²) in [5.41, 5.74) is 1.60. The van der Waals surface area contributed by atoms with E-state index in [9.17, 15) is 18.0 Å². The molecule has 1 aliphatic heterocycles. The number of carbonyl (C=O) groups is 2. The van der Waals surface area contributed by atoms with E-state index in [4.69, 9.17) is 0 Å². The number of thioether (sulfide) groups is 1. The van der Waals surface area contributed by atoms with Crippen molar-refractivity contribution in [2.45, 2.75) is 61.6 Å². The highest BCUT2D eigenvalue weighted by atomic mass is 32.2. The first-order valence-corrected chi connectivity index (χ1v) is 13.4. The predicted octanol–water partition coefficient (Wildman–Crippen LogP) is 4.35. The molecule has 1 aliphatic carbocycles. The molecule has 0 aromatic heterocycles. The average Bonchev–Trinajstić information content (AvgIpc) is 3.09. The molecule has 1 heterocycles. The van der Waals surface area contributed by atoms with E-state index >= 15 is 0 Å². The molecule has 0 spiro atoms. The maximum Gasteiger partial charge on any atom is 0.284 e. The van der Waals surface area contributed by atoms with Crippen LogP contribution in [0.1, 0.15) is 44.1 Å². The van der Waals surface area contributed by atoms with Gasteiger partial charge in [0.2, 0.25) is 11.8 Å². The van der Waals surface area contributed by atoms with Crippen molar-refractivity contribution in [3.05, 3.63) is 60.2 Å². The van der Waals surface area contributed by atoms with Crippen molar-refractivity contribution in [3.8, 4) is 0 Å². The average molecular weight is 486 g/mol. The summed E-state index contributed by atoms with van der Waals surface area (Å²) < 4.78 is 30.1. The van der Waals surface area contributed by atoms with Crippen LogP contribution >= 0.6 is 11.8 Å². The lowest BCUT2D eigenvalue weighted by molar-refractivity contribution is -0.130. The van der Waals surface area contributed by atoms with Crippen molar-refractivity contribution < 1.29 is 18.0 Å². The molecule has 174 valence electrons. The molecule has 2 aliphatic rings. The number of nitrogens with one attached hydrogen (secondary N) is 1. The molecule has 0 radical (unpaired) electrons. The lowest BCUT2D eigenvalue weighted by atomic mass is 9.94. The van der Waals surface area contributed by atoms with Gasteiger partial charge in [-0.1, -0.05) is 66.9 Å². The van der Waals surface area contributed by atoms with Crippen molar-refractivity contribution in [1.82, 2.24) is 4.90 Å². The standard InChI is InChI=1S/C24H27N3O4S2/c1-17-12-14-20(15-13-17)33(30,31)26-24-27(19-10-6-3-7-11-19)23(29)21(32-24)16-22(28)25-18-8-4-2-5-9-18/h2,4-5,8-9,12-15,19,21H,3,6-7,10-11,16H2,1H3,(H,25,28). The van der Waals surface area contributed by atoms with E-state index in [0.717, 1.165) is 49.4 Å². The summed E-state index contributed by atoms with van der Waals surface area (Å²) in [4.78, 5) is 27.5. The Hall–Kier alpha value is -2.65. The number of aryl methyl sites for hydroxylation is 1. The summed E-state index contributed by atoms with van der Waals surface area (Å²) in [7, 11) is -3.98. The Morgan fingerprint density at radius 1 is 1.06 bits per heavy atom. The largest absolute Gasteiger partial charge is 0.326 e. The normalized spacial score (nSPS) is 20.9. The Labute approximate surface area is 198 Å². The maximum atomic E-state index is 13.3.